The predicted octanol–water partition coefficient (Wildman–Crippen LogP) is 3.96. The van der Waals surface area contributed by atoms with Crippen LogP contribution in [0.4, 0.5) is 0 Å². The molecule has 0 spiro atoms. The molecule has 0 unspecified atom stereocenters. The fraction of sp³-hybridized carbons (Fsp3) is 0.450. The molecule has 6 nitrogen and oxygen atoms in total. The topological polar surface area (TPSA) is 69.9 Å². The zero-order valence-electron chi connectivity index (χ0n) is 16.3. The van der Waals surface area contributed by atoms with Gasteiger partial charge in [0.05, 0.1) is 19.2 Å². The summed E-state index contributed by atoms with van der Waals surface area (Å²) in [7, 11) is 1.50. The molecule has 2 heterocycles. The second kappa shape index (κ2) is 8.09. The molecule has 0 bridgehead atoms. The summed E-state index contributed by atoms with van der Waals surface area (Å²) in [5.74, 6) is -0.198. The lowest BCUT2D eigenvalue weighted by atomic mass is 9.95. The molecule has 0 radical (unpaired) electrons. The summed E-state index contributed by atoms with van der Waals surface area (Å²) in [5, 5.41) is 0.437. The van der Waals surface area contributed by atoms with E-state index in [1.807, 2.05) is 10.8 Å². The second-order valence-electron chi connectivity index (χ2n) is 7.69. The molecule has 1 aromatic heterocycles. The Morgan fingerprint density at radius 2 is 2.18 bits per heavy atom. The van der Waals surface area contributed by atoms with E-state index in [1.54, 1.807) is 18.2 Å². The minimum atomic E-state index is -0.432. The third-order valence-corrected chi connectivity index (χ3v) is 6.10. The lowest BCUT2D eigenvalue weighted by Crippen LogP contribution is -2.24. The van der Waals surface area contributed by atoms with Crippen molar-refractivity contribution in [1.29, 1.82) is 0 Å². The number of hydrogen-bond donors (Lipinski definition) is 0. The van der Waals surface area contributed by atoms with Crippen molar-refractivity contribution in [2.75, 3.05) is 7.11 Å². The van der Waals surface area contributed by atoms with Crippen molar-refractivity contribution in [3.63, 3.8) is 0 Å². The first-order valence-corrected chi connectivity index (χ1v) is 10.2. The van der Waals surface area contributed by atoms with Crippen LogP contribution in [0.5, 0.6) is 5.75 Å². The van der Waals surface area contributed by atoms with Crippen LogP contribution in [0.2, 0.25) is 5.02 Å². The summed E-state index contributed by atoms with van der Waals surface area (Å²) in [6.07, 6.45) is 2.87. The van der Waals surface area contributed by atoms with Crippen LogP contribution in [0.15, 0.2) is 29.4 Å². The number of amides is 1. The molecule has 28 heavy (non-hydrogen) atoms. The average Bonchev–Trinajstić information content (AvgIpc) is 3.21. The van der Waals surface area contributed by atoms with Gasteiger partial charge in [-0.05, 0) is 30.0 Å². The van der Waals surface area contributed by atoms with Gasteiger partial charge in [0, 0.05) is 22.5 Å². The largest absolute Gasteiger partial charge is 0.496 e. The molecule has 2 aromatic rings. The molecule has 8 heteroatoms. The van der Waals surface area contributed by atoms with Crippen molar-refractivity contribution < 1.29 is 19.1 Å². The first-order valence-electron chi connectivity index (χ1n) is 9.00. The van der Waals surface area contributed by atoms with Crippen LogP contribution >= 0.6 is 22.9 Å². The van der Waals surface area contributed by atoms with E-state index in [9.17, 15) is 9.59 Å². The van der Waals surface area contributed by atoms with Gasteiger partial charge < -0.3 is 14.0 Å². The van der Waals surface area contributed by atoms with E-state index in [4.69, 9.17) is 21.1 Å². The number of cyclic esters (lactones) is 1. The molecule has 1 saturated heterocycles. The lowest BCUT2D eigenvalue weighted by Gasteiger charge is -2.15. The van der Waals surface area contributed by atoms with Crippen molar-refractivity contribution in [2.45, 2.75) is 51.7 Å². The van der Waals surface area contributed by atoms with Crippen LogP contribution < -0.4 is 9.54 Å². The first-order chi connectivity index (χ1) is 13.2. The SMILES string of the molecule is COc1ccc(Cl)cc1C(=O)/N=c1\sc(C(C)(C)C)cn1C[C@H]1CCC(=O)O1. The molecular formula is C20H23ClN2O4S. The Labute approximate surface area is 172 Å². The van der Waals surface area contributed by atoms with Crippen LogP contribution in [-0.4, -0.2) is 29.7 Å². The lowest BCUT2D eigenvalue weighted by molar-refractivity contribution is -0.141. The van der Waals surface area contributed by atoms with E-state index in [2.05, 4.69) is 25.8 Å². The Morgan fingerprint density at radius 3 is 2.79 bits per heavy atom. The van der Waals surface area contributed by atoms with E-state index in [0.717, 1.165) is 4.88 Å². The van der Waals surface area contributed by atoms with Crippen molar-refractivity contribution in [2.24, 2.45) is 4.99 Å². The molecule has 1 aromatic carbocycles. The number of aromatic nitrogens is 1. The zero-order chi connectivity index (χ0) is 20.5. The van der Waals surface area contributed by atoms with Crippen molar-refractivity contribution >= 4 is 34.8 Å². The molecule has 1 atom stereocenters. The molecule has 150 valence electrons. The van der Waals surface area contributed by atoms with Gasteiger partial charge in [0.15, 0.2) is 4.80 Å². The van der Waals surface area contributed by atoms with Gasteiger partial charge in [0.2, 0.25) is 0 Å². The number of thiazole rings is 1. The van der Waals surface area contributed by atoms with Gasteiger partial charge in [0.1, 0.15) is 11.9 Å². The second-order valence-corrected chi connectivity index (χ2v) is 9.14. The smallest absolute Gasteiger partial charge is 0.306 e. The Hall–Kier alpha value is -2.12. The maximum absolute atomic E-state index is 12.8. The van der Waals surface area contributed by atoms with Gasteiger partial charge in [0.25, 0.3) is 5.91 Å². The van der Waals surface area contributed by atoms with Crippen LogP contribution in [0.1, 0.15) is 48.8 Å². The number of methoxy groups -OCH3 is 1. The van der Waals surface area contributed by atoms with Gasteiger partial charge in [-0.3, -0.25) is 9.59 Å². The maximum atomic E-state index is 12.8. The minimum absolute atomic E-state index is 0.0939. The summed E-state index contributed by atoms with van der Waals surface area (Å²) in [5.41, 5.74) is 0.211. The number of benzene rings is 1. The van der Waals surface area contributed by atoms with Gasteiger partial charge >= 0.3 is 5.97 Å². The highest BCUT2D eigenvalue weighted by atomic mass is 35.5. The Morgan fingerprint density at radius 1 is 1.43 bits per heavy atom. The van der Waals surface area contributed by atoms with Crippen LogP contribution in [0, 0.1) is 0 Å². The Kier molecular flexibility index (Phi) is 5.95. The number of carbonyl (C=O) groups excluding carboxylic acids is 2. The number of rotatable bonds is 4. The van der Waals surface area contributed by atoms with E-state index < -0.39 is 5.91 Å². The summed E-state index contributed by atoms with van der Waals surface area (Å²) < 4.78 is 12.5. The van der Waals surface area contributed by atoms with Gasteiger partial charge in [-0.15, -0.1) is 11.3 Å². The molecule has 1 amide bonds. The molecule has 1 aliphatic rings. The monoisotopic (exact) mass is 422 g/mol. The Balaban J connectivity index is 2.01. The maximum Gasteiger partial charge on any atom is 0.306 e. The van der Waals surface area contributed by atoms with Crippen LogP contribution in [0.25, 0.3) is 0 Å². The van der Waals surface area contributed by atoms with E-state index in [-0.39, 0.29) is 17.5 Å². The van der Waals surface area contributed by atoms with Gasteiger partial charge in [-0.1, -0.05) is 32.4 Å². The highest BCUT2D eigenvalue weighted by molar-refractivity contribution is 7.09. The van der Waals surface area contributed by atoms with E-state index >= 15 is 0 Å². The normalized spacial score (nSPS) is 17.7. The Bertz CT molecular complexity index is 971. The molecule has 0 aliphatic carbocycles. The third kappa shape index (κ3) is 4.64. The molecule has 1 fully saturated rings. The number of ether oxygens (including phenoxy) is 2. The average molecular weight is 423 g/mol. The number of nitrogens with zero attached hydrogens (tertiary/aromatic N) is 2. The summed E-state index contributed by atoms with van der Waals surface area (Å²) in [6.45, 7) is 6.77. The predicted molar refractivity (Wildman–Crippen MR) is 108 cm³/mol. The van der Waals surface area contributed by atoms with Gasteiger partial charge in [-0.2, -0.15) is 4.99 Å². The minimum Gasteiger partial charge on any atom is -0.496 e. The molecule has 3 rings (SSSR count). The molecule has 0 N–H and O–H groups in total. The van der Waals surface area contributed by atoms with Crippen LogP contribution in [0.3, 0.4) is 0 Å². The van der Waals surface area contributed by atoms with E-state index in [0.29, 0.717) is 40.5 Å². The number of esters is 1. The summed E-state index contributed by atoms with van der Waals surface area (Å²) in [4.78, 5) is 30.3. The van der Waals surface area contributed by atoms with Gasteiger partial charge in [-0.25, -0.2) is 0 Å². The molecular weight excluding hydrogens is 400 g/mol. The van der Waals surface area contributed by atoms with Crippen molar-refractivity contribution in [1.82, 2.24) is 4.57 Å². The summed E-state index contributed by atoms with van der Waals surface area (Å²) >= 11 is 7.50. The first kappa shape index (κ1) is 20.6. The highest BCUT2D eigenvalue weighted by Crippen LogP contribution is 2.26. The summed E-state index contributed by atoms with van der Waals surface area (Å²) in [6, 6.07) is 4.86. The highest BCUT2D eigenvalue weighted by Gasteiger charge is 2.25. The quantitative estimate of drug-likeness (QED) is 0.699. The third-order valence-electron chi connectivity index (χ3n) is 4.42. The van der Waals surface area contributed by atoms with Crippen molar-refractivity contribution in [3.8, 4) is 5.75 Å². The van der Waals surface area contributed by atoms with Crippen LogP contribution in [-0.2, 0) is 21.5 Å². The van der Waals surface area contributed by atoms with Crippen molar-refractivity contribution in [3.05, 3.63) is 44.7 Å². The molecule has 1 aliphatic heterocycles. The fourth-order valence-electron chi connectivity index (χ4n) is 2.87. The zero-order valence-corrected chi connectivity index (χ0v) is 17.9. The number of hydrogen-bond acceptors (Lipinski definition) is 5. The number of halogens is 1. The molecule has 0 saturated carbocycles. The standard InChI is InChI=1S/C20H23ClN2O4S/c1-20(2,3)16-11-23(10-13-6-8-17(24)27-13)19(28-16)22-18(25)14-9-12(21)5-7-15(14)26-4/h5,7,9,11,13H,6,8,10H2,1-4H3/b22-19-/t13-/m1/s1. The van der Waals surface area contributed by atoms with E-state index in [1.165, 1.54) is 18.4 Å². The number of carbonyl (C=O) groups is 2. The fourth-order valence-corrected chi connectivity index (χ4v) is 4.10.